The summed E-state index contributed by atoms with van der Waals surface area (Å²) in [6.45, 7) is 0.354. The van der Waals surface area contributed by atoms with Crippen LogP contribution in [0.4, 0.5) is 23.2 Å². The molecule has 0 aliphatic carbocycles. The fraction of sp³-hybridized carbons (Fsp3) is 0.364. The lowest BCUT2D eigenvalue weighted by molar-refractivity contribution is -0.137. The van der Waals surface area contributed by atoms with Crippen LogP contribution in [-0.2, 0) is 11.0 Å². The maximum absolute atomic E-state index is 13.2. The van der Waals surface area contributed by atoms with E-state index in [1.165, 1.54) is 0 Å². The van der Waals surface area contributed by atoms with Crippen molar-refractivity contribution in [2.75, 3.05) is 18.9 Å². The summed E-state index contributed by atoms with van der Waals surface area (Å²) in [6, 6.07) is 1.88. The van der Waals surface area contributed by atoms with Gasteiger partial charge in [-0.05, 0) is 25.2 Å². The van der Waals surface area contributed by atoms with Gasteiger partial charge in [-0.15, -0.1) is 12.4 Å². The summed E-state index contributed by atoms with van der Waals surface area (Å²) in [4.78, 5) is 11.3. The lowest BCUT2D eigenvalue weighted by Crippen LogP contribution is -2.19. The second kappa shape index (κ2) is 7.30. The number of alkyl halides is 3. The number of hydrogen-bond acceptors (Lipinski definition) is 2. The van der Waals surface area contributed by atoms with E-state index in [0.717, 1.165) is 0 Å². The molecule has 0 unspecified atom stereocenters. The first-order chi connectivity index (χ1) is 8.34. The van der Waals surface area contributed by atoms with E-state index in [9.17, 15) is 22.4 Å². The smallest absolute Gasteiger partial charge is 0.324 e. The molecule has 0 aliphatic heterocycles. The third-order valence-corrected chi connectivity index (χ3v) is 2.17. The zero-order valence-corrected chi connectivity index (χ0v) is 10.8. The van der Waals surface area contributed by atoms with E-state index in [-0.39, 0.29) is 18.8 Å². The Balaban J connectivity index is 0.00000324. The number of benzene rings is 1. The number of nitrogens with one attached hydrogen (secondary N) is 2. The van der Waals surface area contributed by atoms with Gasteiger partial charge in [0.25, 0.3) is 0 Å². The number of halogens is 5. The maximum atomic E-state index is 13.2. The Bertz CT molecular complexity index is 437. The SMILES string of the molecule is CNCCC(=O)Nc1cc(C(F)(F)F)ccc1F.Cl. The van der Waals surface area contributed by atoms with Crippen molar-refractivity contribution in [3.63, 3.8) is 0 Å². The van der Waals surface area contributed by atoms with E-state index in [2.05, 4.69) is 10.6 Å². The normalized spacial score (nSPS) is 10.8. The molecule has 8 heteroatoms. The van der Waals surface area contributed by atoms with Crippen molar-refractivity contribution in [1.29, 1.82) is 0 Å². The quantitative estimate of drug-likeness (QED) is 0.840. The Labute approximate surface area is 113 Å². The lowest BCUT2D eigenvalue weighted by Gasteiger charge is -2.10. The molecule has 108 valence electrons. The third-order valence-electron chi connectivity index (χ3n) is 2.17. The van der Waals surface area contributed by atoms with E-state index in [0.29, 0.717) is 24.7 Å². The van der Waals surface area contributed by atoms with Crippen LogP contribution in [0.2, 0.25) is 0 Å². The average molecular weight is 301 g/mol. The molecule has 0 bridgehead atoms. The highest BCUT2D eigenvalue weighted by Crippen LogP contribution is 2.31. The number of carbonyl (C=O) groups excluding carboxylic acids is 1. The number of amides is 1. The summed E-state index contributed by atoms with van der Waals surface area (Å²) in [7, 11) is 1.62. The van der Waals surface area contributed by atoms with Crippen molar-refractivity contribution in [2.45, 2.75) is 12.6 Å². The summed E-state index contributed by atoms with van der Waals surface area (Å²) < 4.78 is 50.4. The number of carbonyl (C=O) groups is 1. The molecule has 0 aromatic heterocycles. The highest BCUT2D eigenvalue weighted by Gasteiger charge is 2.31. The molecule has 19 heavy (non-hydrogen) atoms. The maximum Gasteiger partial charge on any atom is 0.416 e. The molecule has 0 spiro atoms. The summed E-state index contributed by atoms with van der Waals surface area (Å²) in [5.74, 6) is -1.46. The van der Waals surface area contributed by atoms with Crippen LogP contribution in [0, 0.1) is 5.82 Å². The van der Waals surface area contributed by atoms with Gasteiger partial charge in [-0.3, -0.25) is 4.79 Å². The Morgan fingerprint density at radius 2 is 1.95 bits per heavy atom. The van der Waals surface area contributed by atoms with E-state index in [4.69, 9.17) is 0 Å². The molecule has 0 atom stereocenters. The van der Waals surface area contributed by atoms with Gasteiger partial charge in [0.05, 0.1) is 11.3 Å². The van der Waals surface area contributed by atoms with Gasteiger partial charge in [-0.1, -0.05) is 0 Å². The topological polar surface area (TPSA) is 41.1 Å². The van der Waals surface area contributed by atoms with Crippen molar-refractivity contribution in [3.8, 4) is 0 Å². The molecule has 1 aromatic rings. The molecular weight excluding hydrogens is 288 g/mol. The van der Waals surface area contributed by atoms with Crippen LogP contribution in [0.1, 0.15) is 12.0 Å². The van der Waals surface area contributed by atoms with E-state index >= 15 is 0 Å². The lowest BCUT2D eigenvalue weighted by atomic mass is 10.2. The fourth-order valence-corrected chi connectivity index (χ4v) is 1.25. The van der Waals surface area contributed by atoms with Crippen molar-refractivity contribution in [1.82, 2.24) is 5.32 Å². The largest absolute Gasteiger partial charge is 0.416 e. The Morgan fingerprint density at radius 3 is 2.47 bits per heavy atom. The standard InChI is InChI=1S/C11H12F4N2O.ClH/c1-16-5-4-10(18)17-9-6-7(11(13,14)15)2-3-8(9)12;/h2-3,6,16H,4-5H2,1H3,(H,17,18);1H. The van der Waals surface area contributed by atoms with Crippen LogP contribution in [-0.4, -0.2) is 19.5 Å². The summed E-state index contributed by atoms with van der Waals surface area (Å²) >= 11 is 0. The van der Waals surface area contributed by atoms with Gasteiger partial charge in [0.2, 0.25) is 5.91 Å². The summed E-state index contributed by atoms with van der Waals surface area (Å²) in [6.07, 6.45) is -4.52. The van der Waals surface area contributed by atoms with Gasteiger partial charge < -0.3 is 10.6 Å². The zero-order valence-electron chi connectivity index (χ0n) is 9.97. The molecule has 3 nitrogen and oxygen atoms in total. The summed E-state index contributed by atoms with van der Waals surface area (Å²) in [5, 5.41) is 4.80. The molecule has 0 aliphatic rings. The van der Waals surface area contributed by atoms with Crippen LogP contribution in [0.25, 0.3) is 0 Å². The first kappa shape index (κ1) is 17.7. The zero-order chi connectivity index (χ0) is 13.8. The van der Waals surface area contributed by atoms with Gasteiger partial charge in [-0.25, -0.2) is 4.39 Å². The molecule has 1 amide bonds. The molecular formula is C11H13ClF4N2O. The van der Waals surface area contributed by atoms with Gasteiger partial charge in [0.1, 0.15) is 5.82 Å². The average Bonchev–Trinajstić information content (AvgIpc) is 2.28. The minimum atomic E-state index is -4.57. The van der Waals surface area contributed by atoms with E-state index in [1.807, 2.05) is 0 Å². The highest BCUT2D eigenvalue weighted by molar-refractivity contribution is 5.91. The molecule has 0 fully saturated rings. The monoisotopic (exact) mass is 300 g/mol. The van der Waals surface area contributed by atoms with E-state index in [1.54, 1.807) is 7.05 Å². The van der Waals surface area contributed by atoms with Gasteiger partial charge in [0.15, 0.2) is 0 Å². The first-order valence-corrected chi connectivity index (χ1v) is 5.16. The molecule has 0 radical (unpaired) electrons. The molecule has 0 saturated carbocycles. The molecule has 1 rings (SSSR count). The molecule has 0 heterocycles. The molecule has 1 aromatic carbocycles. The van der Waals surface area contributed by atoms with E-state index < -0.39 is 29.2 Å². The highest BCUT2D eigenvalue weighted by atomic mass is 35.5. The van der Waals surface area contributed by atoms with Crippen LogP contribution >= 0.6 is 12.4 Å². The van der Waals surface area contributed by atoms with Crippen molar-refractivity contribution >= 4 is 24.0 Å². The second-order valence-corrected chi connectivity index (χ2v) is 3.59. The number of anilines is 1. The predicted octanol–water partition coefficient (Wildman–Crippen LogP) is 2.81. The number of hydrogen-bond donors (Lipinski definition) is 2. The van der Waals surface area contributed by atoms with Crippen LogP contribution in [0.5, 0.6) is 0 Å². The molecule has 2 N–H and O–H groups in total. The van der Waals surface area contributed by atoms with Crippen LogP contribution < -0.4 is 10.6 Å². The van der Waals surface area contributed by atoms with Crippen molar-refractivity contribution < 1.29 is 22.4 Å². The third kappa shape index (κ3) is 5.44. The van der Waals surface area contributed by atoms with Gasteiger partial charge in [0, 0.05) is 13.0 Å². The van der Waals surface area contributed by atoms with Gasteiger partial charge in [-0.2, -0.15) is 13.2 Å². The minimum Gasteiger partial charge on any atom is -0.324 e. The van der Waals surface area contributed by atoms with Crippen molar-refractivity contribution in [3.05, 3.63) is 29.6 Å². The van der Waals surface area contributed by atoms with Gasteiger partial charge >= 0.3 is 6.18 Å². The minimum absolute atomic E-state index is 0. The van der Waals surface area contributed by atoms with Crippen LogP contribution in [0.3, 0.4) is 0 Å². The second-order valence-electron chi connectivity index (χ2n) is 3.59. The number of rotatable bonds is 4. The fourth-order valence-electron chi connectivity index (χ4n) is 1.25. The van der Waals surface area contributed by atoms with Crippen LogP contribution in [0.15, 0.2) is 18.2 Å². The molecule has 0 saturated heterocycles. The summed E-state index contributed by atoms with van der Waals surface area (Å²) in [5.41, 5.74) is -1.47. The Hall–Kier alpha value is -1.34. The Morgan fingerprint density at radius 1 is 1.32 bits per heavy atom. The first-order valence-electron chi connectivity index (χ1n) is 5.16. The Kier molecular flexibility index (Phi) is 6.78. The van der Waals surface area contributed by atoms with Crippen molar-refractivity contribution in [2.24, 2.45) is 0 Å². The predicted molar refractivity (Wildman–Crippen MR) is 65.8 cm³/mol.